The van der Waals surface area contributed by atoms with Crippen molar-refractivity contribution >= 4 is 28.8 Å². The van der Waals surface area contributed by atoms with E-state index in [0.717, 1.165) is 16.7 Å². The van der Waals surface area contributed by atoms with E-state index in [0.29, 0.717) is 16.5 Å². The van der Waals surface area contributed by atoms with Crippen molar-refractivity contribution in [1.29, 1.82) is 5.26 Å². The minimum absolute atomic E-state index is 0.258. The summed E-state index contributed by atoms with van der Waals surface area (Å²) in [6.45, 7) is -0.258. The maximum Gasteiger partial charge on any atom is 0.339 e. The molecule has 0 radical (unpaired) electrons. The number of oxazole rings is 1. The van der Waals surface area contributed by atoms with Crippen molar-refractivity contribution in [3.8, 4) is 6.07 Å². The fraction of sp³-hybridized carbons (Fsp3) is 0.118. The van der Waals surface area contributed by atoms with Crippen molar-refractivity contribution in [3.63, 3.8) is 0 Å². The van der Waals surface area contributed by atoms with E-state index in [9.17, 15) is 4.79 Å². The van der Waals surface area contributed by atoms with Gasteiger partial charge in [-0.3, -0.25) is 0 Å². The van der Waals surface area contributed by atoms with Gasteiger partial charge in [-0.1, -0.05) is 42.1 Å². The number of thioether (sulfide) groups is 1. The van der Waals surface area contributed by atoms with Crippen molar-refractivity contribution in [3.05, 3.63) is 59.7 Å². The maximum absolute atomic E-state index is 12.0. The molecule has 0 amide bonds. The summed E-state index contributed by atoms with van der Waals surface area (Å²) in [6.07, 6.45) is 0. The molecule has 1 aromatic heterocycles. The third kappa shape index (κ3) is 3.52. The first-order valence-electron chi connectivity index (χ1n) is 6.88. The van der Waals surface area contributed by atoms with Crippen LogP contribution in [0.15, 0.2) is 58.2 Å². The summed E-state index contributed by atoms with van der Waals surface area (Å²) in [5.41, 5.74) is 2.79. The molecule has 23 heavy (non-hydrogen) atoms. The molecule has 5 nitrogen and oxygen atoms in total. The topological polar surface area (TPSA) is 76.1 Å². The Morgan fingerprint density at radius 3 is 2.83 bits per heavy atom. The summed E-state index contributed by atoms with van der Waals surface area (Å²) in [7, 11) is 0. The van der Waals surface area contributed by atoms with Gasteiger partial charge < -0.3 is 9.15 Å². The smallest absolute Gasteiger partial charge is 0.339 e. The summed E-state index contributed by atoms with van der Waals surface area (Å²) in [6, 6.07) is 16.5. The monoisotopic (exact) mass is 324 g/mol. The number of esters is 1. The first-order chi connectivity index (χ1) is 11.3. The SMILES string of the molecule is N#CCOC(=O)c1ccccc1CSc1nc2ccccc2o1. The van der Waals surface area contributed by atoms with Crippen LogP contribution in [0.5, 0.6) is 0 Å². The van der Waals surface area contributed by atoms with Crippen LogP contribution in [0.3, 0.4) is 0 Å². The molecule has 0 saturated carbocycles. The van der Waals surface area contributed by atoms with Gasteiger partial charge in [-0.2, -0.15) is 5.26 Å². The van der Waals surface area contributed by atoms with Crippen molar-refractivity contribution in [2.24, 2.45) is 0 Å². The molecule has 3 aromatic rings. The Bertz CT molecular complexity index is 850. The molecule has 0 N–H and O–H groups in total. The second-order valence-electron chi connectivity index (χ2n) is 4.63. The molecule has 0 spiro atoms. The highest BCUT2D eigenvalue weighted by atomic mass is 32.2. The molecule has 114 valence electrons. The summed E-state index contributed by atoms with van der Waals surface area (Å²) >= 11 is 1.40. The number of nitriles is 1. The summed E-state index contributed by atoms with van der Waals surface area (Å²) < 4.78 is 10.5. The van der Waals surface area contributed by atoms with Crippen LogP contribution in [-0.4, -0.2) is 17.6 Å². The number of para-hydroxylation sites is 2. The number of aromatic nitrogens is 1. The average molecular weight is 324 g/mol. The maximum atomic E-state index is 12.0. The van der Waals surface area contributed by atoms with Crippen LogP contribution in [0.2, 0.25) is 0 Å². The second kappa shape index (κ2) is 6.99. The lowest BCUT2D eigenvalue weighted by atomic mass is 10.1. The number of carbonyl (C=O) groups is 1. The number of carbonyl (C=O) groups excluding carboxylic acids is 1. The zero-order valence-electron chi connectivity index (χ0n) is 12.1. The number of ether oxygens (including phenoxy) is 1. The van der Waals surface area contributed by atoms with Gasteiger partial charge in [0.05, 0.1) is 5.56 Å². The Morgan fingerprint density at radius 1 is 1.22 bits per heavy atom. The van der Waals surface area contributed by atoms with Gasteiger partial charge in [-0.25, -0.2) is 9.78 Å². The normalized spacial score (nSPS) is 10.4. The minimum Gasteiger partial charge on any atom is -0.447 e. The lowest BCUT2D eigenvalue weighted by Gasteiger charge is -2.06. The van der Waals surface area contributed by atoms with E-state index in [4.69, 9.17) is 14.4 Å². The van der Waals surface area contributed by atoms with Gasteiger partial charge in [0.1, 0.15) is 11.6 Å². The van der Waals surface area contributed by atoms with E-state index in [2.05, 4.69) is 4.98 Å². The number of fused-ring (bicyclic) bond motifs is 1. The first-order valence-corrected chi connectivity index (χ1v) is 7.87. The van der Waals surface area contributed by atoms with Gasteiger partial charge in [0, 0.05) is 5.75 Å². The van der Waals surface area contributed by atoms with Crippen LogP contribution in [0.1, 0.15) is 15.9 Å². The van der Waals surface area contributed by atoms with Crippen LogP contribution in [0.25, 0.3) is 11.1 Å². The zero-order valence-corrected chi connectivity index (χ0v) is 12.9. The van der Waals surface area contributed by atoms with Gasteiger partial charge in [0.2, 0.25) is 0 Å². The Balaban J connectivity index is 1.75. The molecule has 6 heteroatoms. The van der Waals surface area contributed by atoms with Gasteiger partial charge in [0.25, 0.3) is 5.22 Å². The molecule has 0 bridgehead atoms. The van der Waals surface area contributed by atoms with Crippen LogP contribution in [0, 0.1) is 11.3 Å². The number of nitrogens with zero attached hydrogens (tertiary/aromatic N) is 2. The fourth-order valence-corrected chi connectivity index (χ4v) is 2.92. The molecule has 0 aliphatic heterocycles. The van der Waals surface area contributed by atoms with Crippen LogP contribution >= 0.6 is 11.8 Å². The van der Waals surface area contributed by atoms with Crippen LogP contribution < -0.4 is 0 Å². The van der Waals surface area contributed by atoms with E-state index in [-0.39, 0.29) is 6.61 Å². The third-order valence-electron chi connectivity index (χ3n) is 3.13. The van der Waals surface area contributed by atoms with Crippen LogP contribution in [0.4, 0.5) is 0 Å². The van der Waals surface area contributed by atoms with E-state index in [1.165, 1.54) is 11.8 Å². The molecule has 1 heterocycles. The summed E-state index contributed by atoms with van der Waals surface area (Å²) in [5.74, 6) is 0.0188. The Hall–Kier alpha value is -2.78. The number of rotatable bonds is 5. The van der Waals surface area contributed by atoms with Gasteiger partial charge >= 0.3 is 5.97 Å². The number of benzene rings is 2. The highest BCUT2D eigenvalue weighted by Gasteiger charge is 2.14. The lowest BCUT2D eigenvalue weighted by Crippen LogP contribution is -2.08. The zero-order chi connectivity index (χ0) is 16.1. The third-order valence-corrected chi connectivity index (χ3v) is 4.01. The van der Waals surface area contributed by atoms with Crippen LogP contribution in [-0.2, 0) is 10.5 Å². The predicted molar refractivity (Wildman–Crippen MR) is 85.9 cm³/mol. The standard InChI is InChI=1S/C17H12N2O3S/c18-9-10-21-16(20)13-6-2-1-5-12(13)11-23-17-19-14-7-3-4-8-15(14)22-17/h1-8H,10-11H2. The van der Waals surface area contributed by atoms with Gasteiger partial charge in [-0.15, -0.1) is 0 Å². The molecular formula is C17H12N2O3S. The Kier molecular flexibility index (Phi) is 4.60. The molecule has 0 aliphatic rings. The molecule has 0 fully saturated rings. The Labute approximate surface area is 136 Å². The first kappa shape index (κ1) is 15.1. The molecular weight excluding hydrogens is 312 g/mol. The van der Waals surface area contributed by atoms with Crippen molar-refractivity contribution in [2.75, 3.05) is 6.61 Å². The Morgan fingerprint density at radius 2 is 2.00 bits per heavy atom. The van der Waals surface area contributed by atoms with E-state index in [1.807, 2.05) is 36.4 Å². The van der Waals surface area contributed by atoms with E-state index in [1.54, 1.807) is 18.2 Å². The molecule has 3 rings (SSSR count). The average Bonchev–Trinajstić information content (AvgIpc) is 3.01. The highest BCUT2D eigenvalue weighted by molar-refractivity contribution is 7.98. The lowest BCUT2D eigenvalue weighted by molar-refractivity contribution is 0.0554. The quantitative estimate of drug-likeness (QED) is 0.525. The molecule has 2 aromatic carbocycles. The van der Waals surface area contributed by atoms with Crippen molar-refractivity contribution in [2.45, 2.75) is 11.0 Å². The number of hydrogen-bond donors (Lipinski definition) is 0. The summed E-state index contributed by atoms with van der Waals surface area (Å²) in [4.78, 5) is 16.3. The largest absolute Gasteiger partial charge is 0.447 e. The minimum atomic E-state index is -0.500. The fourth-order valence-electron chi connectivity index (χ4n) is 2.07. The van der Waals surface area contributed by atoms with Gasteiger partial charge in [0.15, 0.2) is 12.2 Å². The highest BCUT2D eigenvalue weighted by Crippen LogP contribution is 2.27. The second-order valence-corrected chi connectivity index (χ2v) is 5.55. The van der Waals surface area contributed by atoms with Gasteiger partial charge in [-0.05, 0) is 23.8 Å². The molecule has 0 saturated heterocycles. The summed E-state index contributed by atoms with van der Waals surface area (Å²) in [5, 5.41) is 9.05. The molecule has 0 aliphatic carbocycles. The molecule has 0 atom stereocenters. The van der Waals surface area contributed by atoms with Crippen molar-refractivity contribution < 1.29 is 13.9 Å². The van der Waals surface area contributed by atoms with E-state index < -0.39 is 5.97 Å². The number of hydrogen-bond acceptors (Lipinski definition) is 6. The molecule has 0 unspecified atom stereocenters. The van der Waals surface area contributed by atoms with E-state index >= 15 is 0 Å². The van der Waals surface area contributed by atoms with Crippen molar-refractivity contribution in [1.82, 2.24) is 4.98 Å². The predicted octanol–water partition coefficient (Wildman–Crippen LogP) is 3.80.